The van der Waals surface area contributed by atoms with Crippen LogP contribution in [-0.2, 0) is 7.05 Å². The zero-order valence-electron chi connectivity index (χ0n) is 9.75. The lowest BCUT2D eigenvalue weighted by Gasteiger charge is -2.16. The molecule has 0 saturated heterocycles. The smallest absolute Gasteiger partial charge is 0.254 e. The second kappa shape index (κ2) is 5.09. The van der Waals surface area contributed by atoms with E-state index < -0.39 is 0 Å². The van der Waals surface area contributed by atoms with E-state index >= 15 is 0 Å². The van der Waals surface area contributed by atoms with Crippen molar-refractivity contribution < 1.29 is 4.79 Å². The molecule has 90 valence electrons. The van der Waals surface area contributed by atoms with Crippen LogP contribution in [0.25, 0.3) is 0 Å². The molecule has 5 nitrogen and oxygen atoms in total. The molecular formula is C11H14N4OS. The van der Waals surface area contributed by atoms with E-state index in [4.69, 9.17) is 0 Å². The summed E-state index contributed by atoms with van der Waals surface area (Å²) in [5.41, 5.74) is 1.61. The topological polar surface area (TPSA) is 59.8 Å². The molecule has 0 spiro atoms. The lowest BCUT2D eigenvalue weighted by Crippen LogP contribution is -2.29. The van der Waals surface area contributed by atoms with Gasteiger partial charge < -0.3 is 5.32 Å². The molecular weight excluding hydrogens is 236 g/mol. The molecule has 0 saturated carbocycles. The number of rotatable bonds is 4. The third-order valence-corrected chi connectivity index (χ3v) is 3.21. The Morgan fingerprint density at radius 1 is 1.65 bits per heavy atom. The average molecular weight is 250 g/mol. The number of nitrogens with one attached hydrogen (secondary N) is 1. The first kappa shape index (κ1) is 11.8. The normalized spacial score (nSPS) is 12.4. The van der Waals surface area contributed by atoms with Crippen LogP contribution in [0.5, 0.6) is 0 Å². The van der Waals surface area contributed by atoms with Crippen LogP contribution in [0.4, 0.5) is 0 Å². The van der Waals surface area contributed by atoms with Gasteiger partial charge >= 0.3 is 0 Å². The highest BCUT2D eigenvalue weighted by Crippen LogP contribution is 2.16. The second-order valence-corrected chi connectivity index (χ2v) is 4.38. The van der Waals surface area contributed by atoms with Crippen molar-refractivity contribution in [2.45, 2.75) is 19.4 Å². The molecule has 6 heteroatoms. The van der Waals surface area contributed by atoms with Gasteiger partial charge in [-0.05, 0) is 24.0 Å². The number of aromatic nitrogens is 3. The van der Waals surface area contributed by atoms with Crippen LogP contribution in [-0.4, -0.2) is 20.1 Å². The van der Waals surface area contributed by atoms with Gasteiger partial charge in [-0.25, -0.2) is 4.37 Å². The second-order valence-electron chi connectivity index (χ2n) is 3.73. The minimum atomic E-state index is -0.0909. The molecule has 1 atom stereocenters. The van der Waals surface area contributed by atoms with Gasteiger partial charge in [-0.3, -0.25) is 9.48 Å². The molecule has 2 aromatic heterocycles. The Bertz CT molecular complexity index is 491. The van der Waals surface area contributed by atoms with Crippen molar-refractivity contribution >= 4 is 17.4 Å². The SMILES string of the molecule is CCC(NC(=O)c1cnsc1)c1ccnn1C. The summed E-state index contributed by atoms with van der Waals surface area (Å²) in [6.07, 6.45) is 4.13. The predicted molar refractivity (Wildman–Crippen MR) is 65.8 cm³/mol. The lowest BCUT2D eigenvalue weighted by molar-refractivity contribution is 0.0934. The highest BCUT2D eigenvalue weighted by atomic mass is 32.1. The Morgan fingerprint density at radius 3 is 3.00 bits per heavy atom. The summed E-state index contributed by atoms with van der Waals surface area (Å²) in [6, 6.07) is 1.90. The third kappa shape index (κ3) is 2.52. The highest BCUT2D eigenvalue weighted by molar-refractivity contribution is 7.03. The fourth-order valence-electron chi connectivity index (χ4n) is 1.67. The number of carbonyl (C=O) groups is 1. The van der Waals surface area contributed by atoms with Gasteiger partial charge in [-0.15, -0.1) is 0 Å². The predicted octanol–water partition coefficient (Wildman–Crippen LogP) is 1.76. The van der Waals surface area contributed by atoms with Crippen LogP contribution in [0.15, 0.2) is 23.8 Å². The summed E-state index contributed by atoms with van der Waals surface area (Å²) in [4.78, 5) is 11.9. The lowest BCUT2D eigenvalue weighted by atomic mass is 10.1. The molecule has 2 heterocycles. The van der Waals surface area contributed by atoms with Gasteiger partial charge in [0.25, 0.3) is 5.91 Å². The molecule has 0 aromatic carbocycles. The summed E-state index contributed by atoms with van der Waals surface area (Å²) < 4.78 is 5.70. The first-order chi connectivity index (χ1) is 8.22. The van der Waals surface area contributed by atoms with E-state index in [0.717, 1.165) is 12.1 Å². The van der Waals surface area contributed by atoms with Crippen LogP contribution >= 0.6 is 11.5 Å². The summed E-state index contributed by atoms with van der Waals surface area (Å²) >= 11 is 1.27. The fourth-order valence-corrected chi connectivity index (χ4v) is 2.19. The highest BCUT2D eigenvalue weighted by Gasteiger charge is 2.17. The van der Waals surface area contributed by atoms with E-state index in [1.165, 1.54) is 11.5 Å². The summed E-state index contributed by atoms with van der Waals surface area (Å²) in [5.74, 6) is -0.0909. The minimum Gasteiger partial charge on any atom is -0.344 e. The first-order valence-electron chi connectivity index (χ1n) is 5.40. The van der Waals surface area contributed by atoms with Gasteiger partial charge in [-0.2, -0.15) is 5.10 Å². The van der Waals surface area contributed by atoms with Crippen molar-refractivity contribution in [2.24, 2.45) is 7.05 Å². The first-order valence-corrected chi connectivity index (χ1v) is 6.24. The number of hydrogen-bond donors (Lipinski definition) is 1. The van der Waals surface area contributed by atoms with Crippen molar-refractivity contribution in [3.05, 3.63) is 35.1 Å². The molecule has 1 unspecified atom stereocenters. The van der Waals surface area contributed by atoms with Gasteiger partial charge in [-0.1, -0.05) is 6.92 Å². The molecule has 2 aromatic rings. The molecule has 0 fully saturated rings. The van der Waals surface area contributed by atoms with E-state index in [1.54, 1.807) is 22.5 Å². The number of hydrogen-bond acceptors (Lipinski definition) is 4. The largest absolute Gasteiger partial charge is 0.344 e. The van der Waals surface area contributed by atoms with E-state index in [9.17, 15) is 4.79 Å². The summed E-state index contributed by atoms with van der Waals surface area (Å²) in [5, 5.41) is 8.83. The Balaban J connectivity index is 2.11. The van der Waals surface area contributed by atoms with Gasteiger partial charge in [0.1, 0.15) is 0 Å². The number of carbonyl (C=O) groups excluding carboxylic acids is 1. The monoisotopic (exact) mass is 250 g/mol. The number of nitrogens with zero attached hydrogens (tertiary/aromatic N) is 3. The molecule has 0 bridgehead atoms. The molecule has 1 amide bonds. The Hall–Kier alpha value is -1.69. The maximum absolute atomic E-state index is 11.9. The Morgan fingerprint density at radius 2 is 2.47 bits per heavy atom. The number of amides is 1. The number of aryl methyl sites for hydroxylation is 1. The van der Waals surface area contributed by atoms with Crippen LogP contribution in [0.3, 0.4) is 0 Å². The van der Waals surface area contributed by atoms with E-state index in [0.29, 0.717) is 5.56 Å². The van der Waals surface area contributed by atoms with Gasteiger partial charge in [0.15, 0.2) is 0 Å². The minimum absolute atomic E-state index is 0.0186. The molecule has 0 aliphatic carbocycles. The van der Waals surface area contributed by atoms with Crippen LogP contribution in [0.1, 0.15) is 35.4 Å². The average Bonchev–Trinajstić information content (AvgIpc) is 2.96. The molecule has 0 radical (unpaired) electrons. The molecule has 17 heavy (non-hydrogen) atoms. The maximum Gasteiger partial charge on any atom is 0.254 e. The quantitative estimate of drug-likeness (QED) is 0.899. The van der Waals surface area contributed by atoms with Crippen molar-refractivity contribution in [3.8, 4) is 0 Å². The standard InChI is InChI=1S/C11H14N4OS/c1-3-9(10-4-5-12-15(10)2)14-11(16)8-6-13-17-7-8/h4-7,9H,3H2,1-2H3,(H,14,16). The van der Waals surface area contributed by atoms with Crippen molar-refractivity contribution in [3.63, 3.8) is 0 Å². The van der Waals surface area contributed by atoms with Crippen molar-refractivity contribution in [2.75, 3.05) is 0 Å². The van der Waals surface area contributed by atoms with Crippen molar-refractivity contribution in [1.29, 1.82) is 0 Å². The van der Waals surface area contributed by atoms with Gasteiger partial charge in [0, 0.05) is 18.6 Å². The fraction of sp³-hybridized carbons (Fsp3) is 0.364. The summed E-state index contributed by atoms with van der Waals surface area (Å²) in [7, 11) is 1.87. The van der Waals surface area contributed by atoms with Crippen molar-refractivity contribution in [1.82, 2.24) is 19.5 Å². The molecule has 0 aliphatic rings. The molecule has 2 rings (SSSR count). The van der Waals surface area contributed by atoms with E-state index in [1.807, 2.05) is 20.0 Å². The van der Waals surface area contributed by atoms with E-state index in [-0.39, 0.29) is 11.9 Å². The van der Waals surface area contributed by atoms with Gasteiger partial charge in [0.05, 0.1) is 23.5 Å². The third-order valence-electron chi connectivity index (χ3n) is 2.62. The van der Waals surface area contributed by atoms with Gasteiger partial charge in [0.2, 0.25) is 0 Å². The molecule has 1 N–H and O–H groups in total. The zero-order chi connectivity index (χ0) is 12.3. The summed E-state index contributed by atoms with van der Waals surface area (Å²) in [6.45, 7) is 2.03. The molecule has 0 aliphatic heterocycles. The zero-order valence-corrected chi connectivity index (χ0v) is 10.6. The maximum atomic E-state index is 11.9. The van der Waals surface area contributed by atoms with Crippen LogP contribution in [0, 0.1) is 0 Å². The van der Waals surface area contributed by atoms with Crippen LogP contribution in [0.2, 0.25) is 0 Å². The Labute approximate surface area is 104 Å². The van der Waals surface area contributed by atoms with E-state index in [2.05, 4.69) is 14.8 Å². The van der Waals surface area contributed by atoms with Crippen LogP contribution < -0.4 is 5.32 Å². The Kier molecular flexibility index (Phi) is 3.53.